The average Bonchev–Trinajstić information content (AvgIpc) is 3.02. The van der Waals surface area contributed by atoms with Crippen LogP contribution < -0.4 is 5.32 Å². The fourth-order valence-corrected chi connectivity index (χ4v) is 3.71. The summed E-state index contributed by atoms with van der Waals surface area (Å²) in [5.41, 5.74) is 0.993. The molecule has 7 nitrogen and oxygen atoms in total. The first kappa shape index (κ1) is 18.4. The lowest BCUT2D eigenvalue weighted by Gasteiger charge is -2.33. The number of hydrogen-bond acceptors (Lipinski definition) is 4. The number of rotatable bonds is 5. The smallest absolute Gasteiger partial charge is 0.311 e. The van der Waals surface area contributed by atoms with Crippen LogP contribution in [0.5, 0.6) is 0 Å². The molecule has 26 heavy (non-hydrogen) atoms. The highest BCUT2D eigenvalue weighted by Gasteiger charge is 2.39. The van der Waals surface area contributed by atoms with Crippen LogP contribution in [0.2, 0.25) is 0 Å². The Labute approximate surface area is 152 Å². The molecule has 3 rings (SSSR count). The van der Waals surface area contributed by atoms with Gasteiger partial charge in [0, 0.05) is 18.0 Å². The van der Waals surface area contributed by atoms with E-state index in [0.29, 0.717) is 24.1 Å². The zero-order valence-corrected chi connectivity index (χ0v) is 15.6. The van der Waals surface area contributed by atoms with Crippen molar-refractivity contribution >= 4 is 22.9 Å². The average molecular weight is 358 g/mol. The van der Waals surface area contributed by atoms with Crippen molar-refractivity contribution in [3.63, 3.8) is 0 Å². The summed E-state index contributed by atoms with van der Waals surface area (Å²) >= 11 is 0. The van der Waals surface area contributed by atoms with E-state index in [1.165, 1.54) is 0 Å². The first-order valence-corrected chi connectivity index (χ1v) is 9.20. The quantitative estimate of drug-likeness (QED) is 0.856. The van der Waals surface area contributed by atoms with E-state index in [0.717, 1.165) is 30.3 Å². The molecule has 1 aliphatic rings. The Morgan fingerprint density at radius 2 is 2.00 bits per heavy atom. The summed E-state index contributed by atoms with van der Waals surface area (Å²) in [6, 6.07) is 1.97. The van der Waals surface area contributed by atoms with Crippen LogP contribution in [0, 0.1) is 12.3 Å². The zero-order chi connectivity index (χ0) is 18.9. The van der Waals surface area contributed by atoms with E-state index in [4.69, 9.17) is 0 Å². The number of pyridine rings is 1. The number of carbonyl (C=O) groups excluding carboxylic acids is 1. The van der Waals surface area contributed by atoms with Crippen molar-refractivity contribution in [1.29, 1.82) is 0 Å². The van der Waals surface area contributed by atoms with E-state index in [9.17, 15) is 14.7 Å². The van der Waals surface area contributed by atoms with E-state index in [1.807, 2.05) is 18.5 Å². The summed E-state index contributed by atoms with van der Waals surface area (Å²) < 4.78 is 1.82. The summed E-state index contributed by atoms with van der Waals surface area (Å²) in [5.74, 6) is -1.10. The van der Waals surface area contributed by atoms with Gasteiger partial charge in [-0.3, -0.25) is 9.59 Å². The van der Waals surface area contributed by atoms with E-state index >= 15 is 0 Å². The minimum Gasteiger partial charge on any atom is -0.481 e. The molecular weight excluding hydrogens is 332 g/mol. The molecule has 7 heteroatoms. The Morgan fingerprint density at radius 1 is 1.31 bits per heavy atom. The Balaban J connectivity index is 1.81. The molecule has 2 heterocycles. The van der Waals surface area contributed by atoms with Crippen molar-refractivity contribution in [1.82, 2.24) is 20.1 Å². The molecule has 2 aromatic heterocycles. The van der Waals surface area contributed by atoms with Crippen molar-refractivity contribution in [2.24, 2.45) is 5.41 Å². The Hall–Kier alpha value is -2.44. The van der Waals surface area contributed by atoms with E-state index in [1.54, 1.807) is 19.2 Å². The third-order valence-corrected chi connectivity index (χ3v) is 5.35. The predicted molar refractivity (Wildman–Crippen MR) is 98.1 cm³/mol. The fraction of sp³-hybridized carbons (Fsp3) is 0.579. The normalized spacial score (nSPS) is 16.8. The highest BCUT2D eigenvalue weighted by Crippen LogP contribution is 2.36. The van der Waals surface area contributed by atoms with Gasteiger partial charge in [0.25, 0.3) is 5.91 Å². The monoisotopic (exact) mass is 358 g/mol. The first-order valence-electron chi connectivity index (χ1n) is 9.20. The molecule has 0 spiro atoms. The number of carboxylic acids is 1. The molecule has 0 radical (unpaired) electrons. The number of carbonyl (C=O) groups is 2. The number of aromatic nitrogens is 3. The molecule has 2 N–H and O–H groups in total. The van der Waals surface area contributed by atoms with Crippen LogP contribution in [0.1, 0.15) is 68.0 Å². The number of aryl methyl sites for hydroxylation is 1. The number of nitrogens with one attached hydrogen (secondary N) is 1. The molecule has 1 aliphatic carbocycles. The topological polar surface area (TPSA) is 97.1 Å². The maximum absolute atomic E-state index is 12.7. The highest BCUT2D eigenvalue weighted by atomic mass is 16.4. The number of fused-ring (bicyclic) bond motifs is 1. The van der Waals surface area contributed by atoms with Crippen molar-refractivity contribution in [3.8, 4) is 0 Å². The van der Waals surface area contributed by atoms with Gasteiger partial charge in [0.1, 0.15) is 0 Å². The molecule has 0 aliphatic heterocycles. The SMILES string of the molecule is Cc1nc2c(cnn2C(C)C)cc1C(=O)NCC1(C(=O)O)CCCCC1. The fourth-order valence-electron chi connectivity index (χ4n) is 3.71. The van der Waals surface area contributed by atoms with Crippen LogP contribution in [0.15, 0.2) is 12.3 Å². The van der Waals surface area contributed by atoms with Crippen molar-refractivity contribution < 1.29 is 14.7 Å². The lowest BCUT2D eigenvalue weighted by atomic mass is 9.74. The number of carboxylic acid groups (broad SMARTS) is 1. The highest BCUT2D eigenvalue weighted by molar-refractivity contribution is 5.98. The lowest BCUT2D eigenvalue weighted by molar-refractivity contribution is -0.150. The van der Waals surface area contributed by atoms with Gasteiger partial charge in [0.05, 0.1) is 22.9 Å². The van der Waals surface area contributed by atoms with Gasteiger partial charge in [-0.1, -0.05) is 19.3 Å². The van der Waals surface area contributed by atoms with E-state index in [-0.39, 0.29) is 18.5 Å². The summed E-state index contributed by atoms with van der Waals surface area (Å²) in [4.78, 5) is 29.0. The second-order valence-electron chi connectivity index (χ2n) is 7.55. The van der Waals surface area contributed by atoms with Gasteiger partial charge in [0.2, 0.25) is 0 Å². The molecule has 2 aromatic rings. The Morgan fingerprint density at radius 3 is 2.62 bits per heavy atom. The van der Waals surface area contributed by atoms with Gasteiger partial charge in [0.15, 0.2) is 5.65 Å². The third-order valence-electron chi connectivity index (χ3n) is 5.35. The number of nitrogens with zero attached hydrogens (tertiary/aromatic N) is 3. The Bertz CT molecular complexity index is 835. The first-order chi connectivity index (χ1) is 12.3. The van der Waals surface area contributed by atoms with Gasteiger partial charge < -0.3 is 10.4 Å². The van der Waals surface area contributed by atoms with Gasteiger partial charge in [-0.2, -0.15) is 5.10 Å². The summed E-state index contributed by atoms with van der Waals surface area (Å²) in [5, 5.41) is 17.6. The van der Waals surface area contributed by atoms with E-state index < -0.39 is 11.4 Å². The van der Waals surface area contributed by atoms with Crippen LogP contribution >= 0.6 is 0 Å². The molecule has 0 saturated heterocycles. The maximum Gasteiger partial charge on any atom is 0.311 e. The molecule has 140 valence electrons. The van der Waals surface area contributed by atoms with Crippen LogP contribution in [-0.2, 0) is 4.79 Å². The second kappa shape index (κ2) is 7.05. The van der Waals surface area contributed by atoms with Crippen molar-refractivity contribution in [2.45, 2.75) is 58.9 Å². The molecule has 0 aromatic carbocycles. The minimum atomic E-state index is -0.845. The summed E-state index contributed by atoms with van der Waals surface area (Å²) in [6.45, 7) is 6.00. The second-order valence-corrected chi connectivity index (χ2v) is 7.55. The van der Waals surface area contributed by atoms with Gasteiger partial charge >= 0.3 is 5.97 Å². The van der Waals surface area contributed by atoms with Gasteiger partial charge in [-0.05, 0) is 39.7 Å². The molecule has 0 unspecified atom stereocenters. The zero-order valence-electron chi connectivity index (χ0n) is 15.6. The molecule has 1 amide bonds. The number of aliphatic carboxylic acids is 1. The number of amides is 1. The minimum absolute atomic E-state index is 0.157. The predicted octanol–water partition coefficient (Wildman–Crippen LogP) is 3.09. The van der Waals surface area contributed by atoms with Crippen molar-refractivity contribution in [2.75, 3.05) is 6.54 Å². The molecular formula is C19H26N4O3. The third kappa shape index (κ3) is 3.30. The van der Waals surface area contributed by atoms with Crippen LogP contribution in [0.25, 0.3) is 11.0 Å². The summed E-state index contributed by atoms with van der Waals surface area (Å²) in [6.07, 6.45) is 5.77. The molecule has 1 saturated carbocycles. The number of hydrogen-bond donors (Lipinski definition) is 2. The lowest BCUT2D eigenvalue weighted by Crippen LogP contribution is -2.44. The van der Waals surface area contributed by atoms with Crippen LogP contribution in [0.4, 0.5) is 0 Å². The van der Waals surface area contributed by atoms with Crippen LogP contribution in [-0.4, -0.2) is 38.3 Å². The standard InChI is InChI=1S/C19H26N4O3/c1-12(2)23-16-14(10-21-23)9-15(13(3)22-16)17(24)20-11-19(18(25)26)7-5-4-6-8-19/h9-10,12H,4-8,11H2,1-3H3,(H,20,24)(H,25,26). The van der Waals surface area contributed by atoms with E-state index in [2.05, 4.69) is 15.4 Å². The Kier molecular flexibility index (Phi) is 4.98. The summed E-state index contributed by atoms with van der Waals surface area (Å²) in [7, 11) is 0. The van der Waals surface area contributed by atoms with Gasteiger partial charge in [-0.25, -0.2) is 9.67 Å². The van der Waals surface area contributed by atoms with Crippen molar-refractivity contribution in [3.05, 3.63) is 23.5 Å². The maximum atomic E-state index is 12.7. The van der Waals surface area contributed by atoms with Gasteiger partial charge in [-0.15, -0.1) is 0 Å². The largest absolute Gasteiger partial charge is 0.481 e. The molecule has 0 bridgehead atoms. The molecule has 1 fully saturated rings. The van der Waals surface area contributed by atoms with Crippen LogP contribution in [0.3, 0.4) is 0 Å². The molecule has 0 atom stereocenters.